The van der Waals surface area contributed by atoms with E-state index in [1.165, 1.54) is 83.5 Å². The highest BCUT2D eigenvalue weighted by Crippen LogP contribution is 2.14. The summed E-state index contributed by atoms with van der Waals surface area (Å²) in [5.41, 5.74) is 0. The number of rotatable bonds is 22. The molecule has 0 rings (SSSR count). The molecule has 0 spiro atoms. The summed E-state index contributed by atoms with van der Waals surface area (Å²) in [4.78, 5) is 11.4. The lowest BCUT2D eigenvalue weighted by molar-refractivity contribution is -0.147. The molecule has 0 aromatic carbocycles. The Labute approximate surface area is 195 Å². The topological polar surface area (TPSA) is 26.3 Å². The molecule has 0 saturated carbocycles. The number of carbonyl (C=O) groups excluding carboxylic acids is 1. The fraction of sp³-hybridized carbons (Fsp3) is 0.828. The van der Waals surface area contributed by atoms with Crippen molar-refractivity contribution in [2.45, 2.75) is 149 Å². The van der Waals surface area contributed by atoms with Crippen molar-refractivity contribution in [3.63, 3.8) is 0 Å². The first-order valence-electron chi connectivity index (χ1n) is 13.5. The van der Waals surface area contributed by atoms with E-state index < -0.39 is 0 Å². The largest absolute Gasteiger partial charge is 0.463 e. The molecule has 0 aliphatic carbocycles. The first-order chi connectivity index (χ1) is 15.0. The van der Waals surface area contributed by atoms with Gasteiger partial charge in [-0.1, -0.05) is 109 Å². The van der Waals surface area contributed by atoms with Crippen LogP contribution in [0.15, 0.2) is 24.3 Å². The number of ether oxygens (including phenoxy) is 1. The summed E-state index contributed by atoms with van der Waals surface area (Å²) in [5, 5.41) is 0. The number of allylic oxidation sites excluding steroid dienone is 4. The van der Waals surface area contributed by atoms with E-state index in [0.29, 0.717) is 6.42 Å². The Balaban J connectivity index is 3.23. The second-order valence-corrected chi connectivity index (χ2v) is 9.81. The van der Waals surface area contributed by atoms with Gasteiger partial charge in [0.15, 0.2) is 0 Å². The van der Waals surface area contributed by atoms with E-state index in [0.717, 1.165) is 31.6 Å². The number of esters is 1. The van der Waals surface area contributed by atoms with Gasteiger partial charge in [0.2, 0.25) is 0 Å². The summed E-state index contributed by atoms with van der Waals surface area (Å²) < 4.78 is 5.13. The van der Waals surface area contributed by atoms with Gasteiger partial charge in [0.1, 0.15) is 0 Å². The lowest BCUT2D eigenvalue weighted by atomic mass is 10.0. The van der Waals surface area contributed by atoms with E-state index in [-0.39, 0.29) is 12.1 Å². The molecule has 0 radical (unpaired) electrons. The molecule has 0 saturated heterocycles. The SMILES string of the molecule is CC(C)CCCCCCCCCCCCC/C=C\CC/C=C\CCCC(=O)OC(C)C. The predicted molar refractivity (Wildman–Crippen MR) is 137 cm³/mol. The third kappa shape index (κ3) is 26.9. The van der Waals surface area contributed by atoms with Crippen LogP contribution in [0.5, 0.6) is 0 Å². The molecule has 0 heterocycles. The van der Waals surface area contributed by atoms with Gasteiger partial charge in [-0.3, -0.25) is 4.79 Å². The highest BCUT2D eigenvalue weighted by molar-refractivity contribution is 5.69. The van der Waals surface area contributed by atoms with Crippen molar-refractivity contribution in [1.29, 1.82) is 0 Å². The molecule has 0 aliphatic heterocycles. The van der Waals surface area contributed by atoms with Gasteiger partial charge < -0.3 is 4.74 Å². The van der Waals surface area contributed by atoms with Gasteiger partial charge >= 0.3 is 5.97 Å². The molecule has 0 amide bonds. The summed E-state index contributed by atoms with van der Waals surface area (Å²) in [6.45, 7) is 8.45. The van der Waals surface area contributed by atoms with Crippen molar-refractivity contribution in [3.8, 4) is 0 Å². The zero-order chi connectivity index (χ0) is 23.0. The van der Waals surface area contributed by atoms with Crippen molar-refractivity contribution >= 4 is 5.97 Å². The fourth-order valence-electron chi connectivity index (χ4n) is 3.76. The molecule has 0 unspecified atom stereocenters. The van der Waals surface area contributed by atoms with Gasteiger partial charge in [-0.2, -0.15) is 0 Å². The van der Waals surface area contributed by atoms with Crippen LogP contribution in [0.4, 0.5) is 0 Å². The quantitative estimate of drug-likeness (QED) is 0.0962. The molecule has 0 bridgehead atoms. The average molecular weight is 435 g/mol. The normalized spacial score (nSPS) is 12.1. The first kappa shape index (κ1) is 29.9. The van der Waals surface area contributed by atoms with Crippen molar-refractivity contribution in [2.24, 2.45) is 5.92 Å². The zero-order valence-electron chi connectivity index (χ0n) is 21.5. The van der Waals surface area contributed by atoms with Gasteiger partial charge in [-0.05, 0) is 58.3 Å². The molecule has 182 valence electrons. The second-order valence-electron chi connectivity index (χ2n) is 9.81. The number of unbranched alkanes of at least 4 members (excludes halogenated alkanes) is 13. The van der Waals surface area contributed by atoms with E-state index in [1.807, 2.05) is 13.8 Å². The molecule has 0 aliphatic rings. The Morgan fingerprint density at radius 3 is 1.48 bits per heavy atom. The van der Waals surface area contributed by atoms with Gasteiger partial charge in [0.05, 0.1) is 6.10 Å². The summed E-state index contributed by atoms with van der Waals surface area (Å²) >= 11 is 0. The van der Waals surface area contributed by atoms with E-state index >= 15 is 0 Å². The van der Waals surface area contributed by atoms with Crippen LogP contribution in [0.25, 0.3) is 0 Å². The van der Waals surface area contributed by atoms with Crippen LogP contribution in [0.2, 0.25) is 0 Å². The van der Waals surface area contributed by atoms with Gasteiger partial charge in [-0.15, -0.1) is 0 Å². The predicted octanol–water partition coefficient (Wildman–Crippen LogP) is 9.73. The Morgan fingerprint density at radius 1 is 0.581 bits per heavy atom. The molecule has 0 atom stereocenters. The second kappa shape index (κ2) is 23.6. The Morgan fingerprint density at radius 2 is 1.00 bits per heavy atom. The van der Waals surface area contributed by atoms with Crippen molar-refractivity contribution in [1.82, 2.24) is 0 Å². The molecule has 0 fully saturated rings. The smallest absolute Gasteiger partial charge is 0.306 e. The minimum Gasteiger partial charge on any atom is -0.463 e. The highest BCUT2D eigenvalue weighted by Gasteiger charge is 2.03. The third-order valence-electron chi connectivity index (χ3n) is 5.60. The standard InChI is InChI=1S/C29H54O2/c1-27(2)25-23-21-19-17-15-13-11-9-7-5-6-8-10-12-14-16-18-20-22-24-26-29(30)31-28(3)4/h10,12,18,20,27-28H,5-9,11,13-17,19,21-26H2,1-4H3/b12-10-,20-18-. The zero-order valence-corrected chi connectivity index (χ0v) is 21.5. The van der Waals surface area contributed by atoms with Crippen molar-refractivity contribution < 1.29 is 9.53 Å². The fourth-order valence-corrected chi connectivity index (χ4v) is 3.76. The Hall–Kier alpha value is -1.05. The van der Waals surface area contributed by atoms with Gasteiger partial charge in [0, 0.05) is 6.42 Å². The summed E-state index contributed by atoms with van der Waals surface area (Å²) in [7, 11) is 0. The maximum absolute atomic E-state index is 11.4. The average Bonchev–Trinajstić information content (AvgIpc) is 2.71. The van der Waals surface area contributed by atoms with Gasteiger partial charge in [-0.25, -0.2) is 0 Å². The van der Waals surface area contributed by atoms with Crippen LogP contribution < -0.4 is 0 Å². The lowest BCUT2D eigenvalue weighted by Gasteiger charge is -2.06. The molecule has 0 aromatic heterocycles. The van der Waals surface area contributed by atoms with Crippen molar-refractivity contribution in [3.05, 3.63) is 24.3 Å². The van der Waals surface area contributed by atoms with Crippen LogP contribution in [-0.4, -0.2) is 12.1 Å². The van der Waals surface area contributed by atoms with Crippen molar-refractivity contribution in [2.75, 3.05) is 0 Å². The van der Waals surface area contributed by atoms with Crippen LogP contribution in [0.3, 0.4) is 0 Å². The lowest BCUT2D eigenvalue weighted by Crippen LogP contribution is -2.10. The molecular formula is C29H54O2. The molecule has 2 nitrogen and oxygen atoms in total. The van der Waals surface area contributed by atoms with E-state index in [4.69, 9.17) is 4.74 Å². The molecule has 0 N–H and O–H groups in total. The number of hydrogen-bond acceptors (Lipinski definition) is 2. The maximum Gasteiger partial charge on any atom is 0.306 e. The molecule has 2 heteroatoms. The van der Waals surface area contributed by atoms with E-state index in [1.54, 1.807) is 0 Å². The number of hydrogen-bond donors (Lipinski definition) is 0. The van der Waals surface area contributed by atoms with E-state index in [9.17, 15) is 4.79 Å². The highest BCUT2D eigenvalue weighted by atomic mass is 16.5. The Kier molecular flexibility index (Phi) is 22.8. The minimum absolute atomic E-state index is 0.00109. The minimum atomic E-state index is -0.0748. The first-order valence-corrected chi connectivity index (χ1v) is 13.5. The maximum atomic E-state index is 11.4. The molecule has 0 aromatic rings. The van der Waals surface area contributed by atoms with Crippen LogP contribution in [-0.2, 0) is 9.53 Å². The monoisotopic (exact) mass is 434 g/mol. The Bertz CT molecular complexity index is 434. The molecular weight excluding hydrogens is 380 g/mol. The van der Waals surface area contributed by atoms with Crippen LogP contribution >= 0.6 is 0 Å². The third-order valence-corrected chi connectivity index (χ3v) is 5.60. The summed E-state index contributed by atoms with van der Waals surface area (Å²) in [5.74, 6) is 0.803. The van der Waals surface area contributed by atoms with Crippen LogP contribution in [0, 0.1) is 5.92 Å². The summed E-state index contributed by atoms with van der Waals surface area (Å²) in [6, 6.07) is 0. The van der Waals surface area contributed by atoms with Gasteiger partial charge in [0.25, 0.3) is 0 Å². The van der Waals surface area contributed by atoms with E-state index in [2.05, 4.69) is 38.2 Å². The number of carbonyl (C=O) groups is 1. The molecule has 31 heavy (non-hydrogen) atoms. The summed E-state index contributed by atoms with van der Waals surface area (Å²) in [6.07, 6.45) is 32.0. The van der Waals surface area contributed by atoms with Crippen LogP contribution in [0.1, 0.15) is 143 Å².